The zero-order valence-corrected chi connectivity index (χ0v) is 18.9. The van der Waals surface area contributed by atoms with Crippen LogP contribution in [-0.2, 0) is 10.2 Å². The van der Waals surface area contributed by atoms with Gasteiger partial charge in [0.15, 0.2) is 0 Å². The molecule has 0 heterocycles. The van der Waals surface area contributed by atoms with E-state index < -0.39 is 11.5 Å². The van der Waals surface area contributed by atoms with Gasteiger partial charge in [-0.05, 0) is 73.5 Å². The van der Waals surface area contributed by atoms with Crippen molar-refractivity contribution in [1.29, 1.82) is 0 Å². The van der Waals surface area contributed by atoms with Gasteiger partial charge in [-0.25, -0.2) is 0 Å². The summed E-state index contributed by atoms with van der Waals surface area (Å²) in [6.07, 6.45) is 6.06. The monoisotopic (exact) mass is 395 g/mol. The summed E-state index contributed by atoms with van der Waals surface area (Å²) >= 11 is 0. The van der Waals surface area contributed by atoms with Crippen LogP contribution in [0.5, 0.6) is 0 Å². The van der Waals surface area contributed by atoms with Crippen molar-refractivity contribution in [2.24, 2.45) is 22.7 Å². The minimum absolute atomic E-state index is 0.0809. The van der Waals surface area contributed by atoms with Crippen LogP contribution in [0.15, 0.2) is 48.6 Å². The van der Waals surface area contributed by atoms with E-state index in [1.165, 1.54) is 17.6 Å². The lowest BCUT2D eigenvalue weighted by atomic mass is 9.68. The van der Waals surface area contributed by atoms with E-state index in [1.807, 2.05) is 32.1 Å². The smallest absolute Gasteiger partial charge is 0.233 e. The van der Waals surface area contributed by atoms with E-state index in [0.29, 0.717) is 11.3 Å². The Bertz CT molecular complexity index is 822. The number of carbonyl (C=O) groups is 1. The summed E-state index contributed by atoms with van der Waals surface area (Å²) in [6, 6.07) is 8.26. The first-order valence-electron chi connectivity index (χ1n) is 10.8. The molecule has 29 heavy (non-hydrogen) atoms. The number of aliphatic hydroxyl groups is 1. The van der Waals surface area contributed by atoms with Crippen molar-refractivity contribution in [3.05, 3.63) is 54.1 Å². The third-order valence-corrected chi connectivity index (χ3v) is 7.75. The fourth-order valence-corrected chi connectivity index (χ4v) is 5.37. The zero-order valence-electron chi connectivity index (χ0n) is 18.9. The highest BCUT2D eigenvalue weighted by atomic mass is 16.3. The van der Waals surface area contributed by atoms with Gasteiger partial charge < -0.3 is 10.4 Å². The third kappa shape index (κ3) is 3.94. The second-order valence-electron chi connectivity index (χ2n) is 10.6. The highest BCUT2D eigenvalue weighted by Gasteiger charge is 2.56. The Kier molecular flexibility index (Phi) is 5.59. The Morgan fingerprint density at radius 2 is 1.90 bits per heavy atom. The van der Waals surface area contributed by atoms with E-state index in [1.54, 1.807) is 6.08 Å². The van der Waals surface area contributed by atoms with Crippen molar-refractivity contribution in [1.82, 2.24) is 0 Å². The summed E-state index contributed by atoms with van der Waals surface area (Å²) in [5.74, 6) is 0.600. The number of allylic oxidation sites excluding steroid dienone is 2. The molecule has 1 saturated carbocycles. The second-order valence-corrected chi connectivity index (χ2v) is 10.6. The van der Waals surface area contributed by atoms with Gasteiger partial charge in [-0.3, -0.25) is 4.79 Å². The maximum absolute atomic E-state index is 13.0. The van der Waals surface area contributed by atoms with E-state index >= 15 is 0 Å². The van der Waals surface area contributed by atoms with Crippen LogP contribution in [0.3, 0.4) is 0 Å². The van der Waals surface area contributed by atoms with Gasteiger partial charge in [-0.15, -0.1) is 6.58 Å². The van der Waals surface area contributed by atoms with E-state index in [2.05, 4.69) is 51.7 Å². The molecule has 3 nitrogen and oxygen atoms in total. The minimum Gasteiger partial charge on any atom is -0.388 e. The van der Waals surface area contributed by atoms with Crippen LogP contribution in [0, 0.1) is 22.7 Å². The molecule has 3 heteroatoms. The molecule has 1 fully saturated rings. The van der Waals surface area contributed by atoms with Crippen molar-refractivity contribution in [2.45, 2.75) is 72.3 Å². The normalized spacial score (nSPS) is 34.0. The van der Waals surface area contributed by atoms with Gasteiger partial charge in [0.1, 0.15) is 0 Å². The van der Waals surface area contributed by atoms with Crippen molar-refractivity contribution >= 4 is 11.6 Å². The molecule has 1 aromatic carbocycles. The van der Waals surface area contributed by atoms with Gasteiger partial charge in [0.05, 0.1) is 11.5 Å². The molecule has 2 aliphatic carbocycles. The molecule has 5 unspecified atom stereocenters. The highest BCUT2D eigenvalue weighted by molar-refractivity contribution is 5.96. The zero-order chi connectivity index (χ0) is 21.6. The topological polar surface area (TPSA) is 49.3 Å². The molecule has 0 aliphatic heterocycles. The summed E-state index contributed by atoms with van der Waals surface area (Å²) in [5, 5.41) is 13.5. The number of aliphatic hydroxyl groups excluding tert-OH is 1. The summed E-state index contributed by atoms with van der Waals surface area (Å²) in [5.41, 5.74) is 2.95. The maximum atomic E-state index is 13.0. The van der Waals surface area contributed by atoms with Gasteiger partial charge in [-0.2, -0.15) is 0 Å². The Morgan fingerprint density at radius 3 is 2.45 bits per heavy atom. The first-order valence-corrected chi connectivity index (χ1v) is 10.8. The SMILES string of the molecule is C=C(C)CC1(C)CC1C(C)(C)c1ccc(NC(=O)C2(C)C(O)C=CCC2C)cc1. The molecule has 5 atom stereocenters. The molecule has 0 bridgehead atoms. The summed E-state index contributed by atoms with van der Waals surface area (Å²) in [4.78, 5) is 13.0. The number of anilines is 1. The maximum Gasteiger partial charge on any atom is 0.233 e. The van der Waals surface area contributed by atoms with Crippen LogP contribution in [0.2, 0.25) is 0 Å². The van der Waals surface area contributed by atoms with Crippen LogP contribution < -0.4 is 5.32 Å². The Morgan fingerprint density at radius 1 is 1.28 bits per heavy atom. The largest absolute Gasteiger partial charge is 0.388 e. The molecule has 0 saturated heterocycles. The van der Waals surface area contributed by atoms with E-state index in [0.717, 1.165) is 18.5 Å². The van der Waals surface area contributed by atoms with Gasteiger partial charge in [0.2, 0.25) is 5.91 Å². The van der Waals surface area contributed by atoms with Crippen molar-refractivity contribution < 1.29 is 9.90 Å². The molecule has 0 spiro atoms. The summed E-state index contributed by atoms with van der Waals surface area (Å²) < 4.78 is 0. The average Bonchev–Trinajstić information content (AvgIpc) is 3.31. The molecule has 2 aliphatic rings. The Labute approximate surface area is 176 Å². The van der Waals surface area contributed by atoms with Crippen LogP contribution in [0.4, 0.5) is 5.69 Å². The van der Waals surface area contributed by atoms with Gasteiger partial charge in [0.25, 0.3) is 0 Å². The lowest BCUT2D eigenvalue weighted by Crippen LogP contribution is -2.48. The van der Waals surface area contributed by atoms with Gasteiger partial charge in [0, 0.05) is 5.69 Å². The predicted octanol–water partition coefficient (Wildman–Crippen LogP) is 5.86. The van der Waals surface area contributed by atoms with Gasteiger partial charge in [-0.1, -0.05) is 57.6 Å². The van der Waals surface area contributed by atoms with Crippen LogP contribution in [-0.4, -0.2) is 17.1 Å². The highest BCUT2D eigenvalue weighted by Crippen LogP contribution is 2.64. The van der Waals surface area contributed by atoms with E-state index in [4.69, 9.17) is 0 Å². The molecule has 0 radical (unpaired) electrons. The molecule has 0 aromatic heterocycles. The molecule has 2 N–H and O–H groups in total. The molecular formula is C26H37NO2. The number of nitrogens with one attached hydrogen (secondary N) is 1. The number of hydrogen-bond donors (Lipinski definition) is 2. The van der Waals surface area contributed by atoms with Crippen LogP contribution >= 0.6 is 0 Å². The predicted molar refractivity (Wildman–Crippen MR) is 121 cm³/mol. The molecule has 3 rings (SSSR count). The lowest BCUT2D eigenvalue weighted by molar-refractivity contribution is -0.133. The van der Waals surface area contributed by atoms with Crippen molar-refractivity contribution in [3.63, 3.8) is 0 Å². The van der Waals surface area contributed by atoms with Gasteiger partial charge >= 0.3 is 0 Å². The third-order valence-electron chi connectivity index (χ3n) is 7.75. The Hall–Kier alpha value is -1.87. The molecule has 1 aromatic rings. The number of amides is 1. The molecule has 1 amide bonds. The molecule has 158 valence electrons. The van der Waals surface area contributed by atoms with Crippen molar-refractivity contribution in [3.8, 4) is 0 Å². The number of rotatable bonds is 6. The first kappa shape index (κ1) is 21.8. The fourth-order valence-electron chi connectivity index (χ4n) is 5.37. The van der Waals surface area contributed by atoms with Crippen LogP contribution in [0.25, 0.3) is 0 Å². The average molecular weight is 396 g/mol. The quantitative estimate of drug-likeness (QED) is 0.593. The lowest BCUT2D eigenvalue weighted by Gasteiger charge is -2.39. The number of benzene rings is 1. The summed E-state index contributed by atoms with van der Waals surface area (Å²) in [7, 11) is 0. The minimum atomic E-state index is -0.814. The van der Waals surface area contributed by atoms with Crippen LogP contribution in [0.1, 0.15) is 66.4 Å². The standard InChI is InChI=1S/C26H37NO2/c1-17(2)15-25(6)16-21(25)24(4,5)19-11-13-20(14-12-19)27-23(29)26(7)18(3)9-8-10-22(26)28/h8,10-14,18,21-22,28H,1,9,15-16H2,2-7H3,(H,27,29). The fraction of sp³-hybridized carbons (Fsp3) is 0.577. The first-order chi connectivity index (χ1) is 13.4. The number of hydrogen-bond acceptors (Lipinski definition) is 2. The molecular weight excluding hydrogens is 358 g/mol. The van der Waals surface area contributed by atoms with E-state index in [-0.39, 0.29) is 17.2 Å². The Balaban J connectivity index is 1.71. The number of carbonyl (C=O) groups excluding carboxylic acids is 1. The van der Waals surface area contributed by atoms with E-state index in [9.17, 15) is 9.90 Å². The van der Waals surface area contributed by atoms with Crippen molar-refractivity contribution in [2.75, 3.05) is 5.32 Å². The summed E-state index contributed by atoms with van der Waals surface area (Å²) in [6.45, 7) is 17.1. The second kappa shape index (κ2) is 7.43.